The number of aryl methyl sites for hydroxylation is 2. The highest BCUT2D eigenvalue weighted by molar-refractivity contribution is 5.47. The van der Waals surface area contributed by atoms with Crippen molar-refractivity contribution in [3.8, 4) is 5.75 Å². The second-order valence-corrected chi connectivity index (χ2v) is 6.14. The molecule has 106 valence electrons. The number of fused-ring (bicyclic) bond motifs is 1. The van der Waals surface area contributed by atoms with Crippen LogP contribution >= 0.6 is 0 Å². The standard InChI is InChI=1S/C16H21N3O/c1-11-14(10-19(4)18-11)17-9-12-5-6-15-13(7-12)8-16(2,3)20-15/h5-7,10,17H,8-9H2,1-4H3. The fraction of sp³-hybridized carbons (Fsp3) is 0.438. The van der Waals surface area contributed by atoms with Gasteiger partial charge in [-0.05, 0) is 38.0 Å². The number of rotatable bonds is 3. The minimum absolute atomic E-state index is 0.0751. The van der Waals surface area contributed by atoms with E-state index in [0.29, 0.717) is 0 Å². The van der Waals surface area contributed by atoms with Crippen LogP contribution in [0.2, 0.25) is 0 Å². The average Bonchev–Trinajstić information content (AvgIpc) is 2.83. The van der Waals surface area contributed by atoms with Gasteiger partial charge < -0.3 is 10.1 Å². The molecule has 2 aromatic rings. The molecule has 0 unspecified atom stereocenters. The molecule has 20 heavy (non-hydrogen) atoms. The lowest BCUT2D eigenvalue weighted by atomic mass is 10.0. The number of hydrogen-bond donors (Lipinski definition) is 1. The third-order valence-corrected chi connectivity index (χ3v) is 3.62. The van der Waals surface area contributed by atoms with E-state index in [0.717, 1.165) is 30.1 Å². The summed E-state index contributed by atoms with van der Waals surface area (Å²) in [5, 5.41) is 7.77. The second-order valence-electron chi connectivity index (χ2n) is 6.14. The summed E-state index contributed by atoms with van der Waals surface area (Å²) in [6.45, 7) is 7.08. The maximum atomic E-state index is 5.90. The Hall–Kier alpha value is -1.97. The van der Waals surface area contributed by atoms with E-state index >= 15 is 0 Å². The van der Waals surface area contributed by atoms with Gasteiger partial charge in [0.05, 0.1) is 11.4 Å². The van der Waals surface area contributed by atoms with Gasteiger partial charge >= 0.3 is 0 Å². The Labute approximate surface area is 119 Å². The normalized spacial score (nSPS) is 15.8. The summed E-state index contributed by atoms with van der Waals surface area (Å²) in [4.78, 5) is 0. The monoisotopic (exact) mass is 271 g/mol. The van der Waals surface area contributed by atoms with E-state index in [4.69, 9.17) is 4.74 Å². The summed E-state index contributed by atoms with van der Waals surface area (Å²) in [5.74, 6) is 1.02. The van der Waals surface area contributed by atoms with Crippen molar-refractivity contribution in [2.45, 2.75) is 39.3 Å². The van der Waals surface area contributed by atoms with E-state index in [1.54, 1.807) is 0 Å². The lowest BCUT2D eigenvalue weighted by molar-refractivity contribution is 0.138. The summed E-state index contributed by atoms with van der Waals surface area (Å²) in [7, 11) is 1.94. The summed E-state index contributed by atoms with van der Waals surface area (Å²) in [5.41, 5.74) is 4.61. The van der Waals surface area contributed by atoms with Gasteiger partial charge in [-0.3, -0.25) is 4.68 Å². The van der Waals surface area contributed by atoms with Crippen LogP contribution in [0.25, 0.3) is 0 Å². The van der Waals surface area contributed by atoms with Crippen LogP contribution in [0.15, 0.2) is 24.4 Å². The second kappa shape index (κ2) is 4.54. The number of aromatic nitrogens is 2. The van der Waals surface area contributed by atoms with Crippen molar-refractivity contribution in [1.29, 1.82) is 0 Å². The van der Waals surface area contributed by atoms with Crippen molar-refractivity contribution in [3.63, 3.8) is 0 Å². The number of nitrogens with one attached hydrogen (secondary N) is 1. The Bertz CT molecular complexity index is 643. The Balaban J connectivity index is 1.72. The Morgan fingerprint density at radius 3 is 2.90 bits per heavy atom. The van der Waals surface area contributed by atoms with Gasteiger partial charge in [0.1, 0.15) is 11.4 Å². The molecule has 2 heterocycles. The van der Waals surface area contributed by atoms with E-state index < -0.39 is 0 Å². The van der Waals surface area contributed by atoms with Crippen LogP contribution in [0.4, 0.5) is 5.69 Å². The minimum atomic E-state index is -0.0751. The molecule has 3 rings (SSSR count). The van der Waals surface area contributed by atoms with Gasteiger partial charge in [-0.1, -0.05) is 12.1 Å². The van der Waals surface area contributed by atoms with Crippen molar-refractivity contribution in [2.75, 3.05) is 5.32 Å². The molecule has 0 atom stereocenters. The highest BCUT2D eigenvalue weighted by atomic mass is 16.5. The molecule has 1 aliphatic heterocycles. The van der Waals surface area contributed by atoms with E-state index in [2.05, 4.69) is 42.5 Å². The maximum Gasteiger partial charge on any atom is 0.123 e. The zero-order valence-corrected chi connectivity index (χ0v) is 12.5. The Morgan fingerprint density at radius 1 is 1.40 bits per heavy atom. The highest BCUT2D eigenvalue weighted by Crippen LogP contribution is 2.35. The van der Waals surface area contributed by atoms with E-state index in [1.165, 1.54) is 11.1 Å². The van der Waals surface area contributed by atoms with Crippen molar-refractivity contribution in [1.82, 2.24) is 9.78 Å². The lowest BCUT2D eigenvalue weighted by Gasteiger charge is -2.16. The zero-order chi connectivity index (χ0) is 14.3. The van der Waals surface area contributed by atoms with Crippen LogP contribution in [0.3, 0.4) is 0 Å². The third-order valence-electron chi connectivity index (χ3n) is 3.62. The number of anilines is 1. The van der Waals surface area contributed by atoms with Gasteiger partial charge in [-0.25, -0.2) is 0 Å². The van der Waals surface area contributed by atoms with Crippen LogP contribution in [0.5, 0.6) is 5.75 Å². The molecule has 0 spiro atoms. The molecule has 1 aliphatic rings. The van der Waals surface area contributed by atoms with Crippen LogP contribution in [-0.2, 0) is 20.0 Å². The molecule has 1 aromatic heterocycles. The lowest BCUT2D eigenvalue weighted by Crippen LogP contribution is -2.24. The van der Waals surface area contributed by atoms with Gasteiger partial charge in [0.2, 0.25) is 0 Å². The number of benzene rings is 1. The molecular formula is C16H21N3O. The molecule has 0 saturated heterocycles. The molecule has 4 nitrogen and oxygen atoms in total. The first-order valence-electron chi connectivity index (χ1n) is 6.98. The first-order valence-corrected chi connectivity index (χ1v) is 6.98. The summed E-state index contributed by atoms with van der Waals surface area (Å²) >= 11 is 0. The first kappa shape index (κ1) is 13.0. The van der Waals surface area contributed by atoms with Crippen LogP contribution in [0.1, 0.15) is 30.7 Å². The molecule has 0 radical (unpaired) electrons. The number of ether oxygens (including phenoxy) is 1. The number of nitrogens with zero attached hydrogens (tertiary/aromatic N) is 2. The molecular weight excluding hydrogens is 250 g/mol. The van der Waals surface area contributed by atoms with Gasteiger partial charge in [-0.2, -0.15) is 5.10 Å². The topological polar surface area (TPSA) is 39.1 Å². The molecule has 1 aromatic carbocycles. The van der Waals surface area contributed by atoms with Crippen LogP contribution in [-0.4, -0.2) is 15.4 Å². The smallest absolute Gasteiger partial charge is 0.123 e. The Kier molecular flexibility index (Phi) is 2.96. The van der Waals surface area contributed by atoms with E-state index in [-0.39, 0.29) is 5.60 Å². The molecule has 0 saturated carbocycles. The van der Waals surface area contributed by atoms with Crippen LogP contribution in [0, 0.1) is 6.92 Å². The molecule has 0 amide bonds. The molecule has 0 fully saturated rings. The largest absolute Gasteiger partial charge is 0.487 e. The summed E-state index contributed by atoms with van der Waals surface area (Å²) in [6.07, 6.45) is 2.98. The predicted molar refractivity (Wildman–Crippen MR) is 80.1 cm³/mol. The van der Waals surface area contributed by atoms with Crippen LogP contribution < -0.4 is 10.1 Å². The van der Waals surface area contributed by atoms with Crippen molar-refractivity contribution in [2.24, 2.45) is 7.05 Å². The first-order chi connectivity index (χ1) is 9.43. The SMILES string of the molecule is Cc1nn(C)cc1NCc1ccc2c(c1)CC(C)(C)O2. The fourth-order valence-electron chi connectivity index (χ4n) is 2.74. The maximum absolute atomic E-state index is 5.90. The molecule has 1 N–H and O–H groups in total. The summed E-state index contributed by atoms with van der Waals surface area (Å²) in [6, 6.07) is 6.44. The van der Waals surface area contributed by atoms with Crippen molar-refractivity contribution < 1.29 is 4.74 Å². The Morgan fingerprint density at radius 2 is 2.20 bits per heavy atom. The predicted octanol–water partition coefficient (Wildman–Crippen LogP) is 3.05. The average molecular weight is 271 g/mol. The van der Waals surface area contributed by atoms with E-state index in [9.17, 15) is 0 Å². The molecule has 0 aliphatic carbocycles. The minimum Gasteiger partial charge on any atom is -0.487 e. The number of hydrogen-bond acceptors (Lipinski definition) is 3. The van der Waals surface area contributed by atoms with Gasteiger partial charge in [0.25, 0.3) is 0 Å². The highest BCUT2D eigenvalue weighted by Gasteiger charge is 2.29. The van der Waals surface area contributed by atoms with E-state index in [1.807, 2.05) is 24.9 Å². The van der Waals surface area contributed by atoms with Crippen molar-refractivity contribution >= 4 is 5.69 Å². The van der Waals surface area contributed by atoms with Gasteiger partial charge in [0, 0.05) is 26.2 Å². The molecule has 0 bridgehead atoms. The third kappa shape index (κ3) is 2.50. The quantitative estimate of drug-likeness (QED) is 0.932. The van der Waals surface area contributed by atoms with Gasteiger partial charge in [-0.15, -0.1) is 0 Å². The summed E-state index contributed by atoms with van der Waals surface area (Å²) < 4.78 is 7.73. The van der Waals surface area contributed by atoms with Gasteiger partial charge in [0.15, 0.2) is 0 Å². The van der Waals surface area contributed by atoms with Crippen molar-refractivity contribution in [3.05, 3.63) is 41.2 Å². The molecule has 4 heteroatoms. The zero-order valence-electron chi connectivity index (χ0n) is 12.5. The fourth-order valence-corrected chi connectivity index (χ4v) is 2.74.